The monoisotopic (exact) mass is 431 g/mol. The number of rotatable bonds is 4. The van der Waals surface area contributed by atoms with Crippen LogP contribution in [0.15, 0.2) is 67.0 Å². The Balaban J connectivity index is 0.00000261. The topological polar surface area (TPSA) is 37.3 Å². The van der Waals surface area contributed by atoms with Crippen molar-refractivity contribution in [1.82, 2.24) is 0 Å². The average molecular weight is 431 g/mol. The molecule has 27 heavy (non-hydrogen) atoms. The smallest absolute Gasteiger partial charge is 0.290 e. The third-order valence-electron chi connectivity index (χ3n) is 4.20. The quantitative estimate of drug-likeness (QED) is 0.481. The maximum Gasteiger partial charge on any atom is 0.290 e. The molecule has 0 aliphatic heterocycles. The number of nitrogens with zero attached hydrogens (tertiary/aromatic N) is 2. The second kappa shape index (κ2) is 9.55. The number of hydrogen-bond acceptors (Lipinski definition) is 1. The van der Waals surface area contributed by atoms with Crippen molar-refractivity contribution in [3.8, 4) is 11.1 Å². The molecule has 3 rings (SSSR count). The molecule has 0 fully saturated rings. The van der Waals surface area contributed by atoms with E-state index in [-0.39, 0.29) is 45.2 Å². The summed E-state index contributed by atoms with van der Waals surface area (Å²) < 4.78 is 1.87. The van der Waals surface area contributed by atoms with Crippen LogP contribution in [0.3, 0.4) is 0 Å². The molecule has 0 unspecified atom stereocenters. The summed E-state index contributed by atoms with van der Waals surface area (Å²) in [5.74, 6) is -0.0954. The molecule has 1 radical (unpaired) electrons. The fourth-order valence-corrected chi connectivity index (χ4v) is 2.97. The van der Waals surface area contributed by atoms with Gasteiger partial charge in [0.2, 0.25) is 6.54 Å². The van der Waals surface area contributed by atoms with Crippen LogP contribution in [-0.2, 0) is 44.0 Å². The van der Waals surface area contributed by atoms with Crippen molar-refractivity contribution in [2.45, 2.75) is 20.4 Å². The number of hydrogen-bond donors (Lipinski definition) is 1. The SMILES string of the molecule is [C-]#[N+]c1cc(C)c(NC(=O)C[n+]2cccc(-c3ccccc3)c2)c(C)c1.[Y]. The van der Waals surface area contributed by atoms with Gasteiger partial charge in [-0.25, -0.2) is 4.85 Å². The number of nitrogens with one attached hydrogen (secondary N) is 1. The minimum atomic E-state index is -0.0954. The Bertz CT molecular complexity index is 971. The Hall–Kier alpha value is -2.35. The fourth-order valence-electron chi connectivity index (χ4n) is 2.97. The third kappa shape index (κ3) is 5.32. The second-order valence-corrected chi connectivity index (χ2v) is 6.25. The summed E-state index contributed by atoms with van der Waals surface area (Å²) in [5.41, 5.74) is 5.34. The molecular weight excluding hydrogens is 411 g/mol. The Morgan fingerprint density at radius 3 is 2.30 bits per heavy atom. The predicted octanol–water partition coefficient (Wildman–Crippen LogP) is 4.44. The number of carbonyl (C=O) groups is 1. The minimum absolute atomic E-state index is 0. The summed E-state index contributed by atoms with van der Waals surface area (Å²) in [6.45, 7) is 11.2. The minimum Gasteiger partial charge on any atom is -0.320 e. The van der Waals surface area contributed by atoms with Gasteiger partial charge in [-0.3, -0.25) is 4.79 Å². The van der Waals surface area contributed by atoms with Gasteiger partial charge in [0, 0.05) is 50.0 Å². The molecule has 0 aliphatic rings. The largest absolute Gasteiger partial charge is 0.320 e. The zero-order chi connectivity index (χ0) is 18.5. The van der Waals surface area contributed by atoms with Crippen LogP contribution in [0.25, 0.3) is 16.0 Å². The first-order valence-electron chi connectivity index (χ1n) is 8.40. The van der Waals surface area contributed by atoms with Crippen LogP contribution in [0, 0.1) is 20.4 Å². The number of carbonyl (C=O) groups excluding carboxylic acids is 1. The van der Waals surface area contributed by atoms with Gasteiger partial charge >= 0.3 is 0 Å². The summed E-state index contributed by atoms with van der Waals surface area (Å²) in [6.07, 6.45) is 3.85. The van der Waals surface area contributed by atoms with Crippen molar-refractivity contribution in [3.63, 3.8) is 0 Å². The molecule has 0 aliphatic carbocycles. The maximum atomic E-state index is 12.5. The number of amides is 1. The molecular formula is C22H20N3OY+. The van der Waals surface area contributed by atoms with Gasteiger partial charge in [-0.1, -0.05) is 42.5 Å². The molecule has 1 aromatic heterocycles. The van der Waals surface area contributed by atoms with Gasteiger partial charge in [-0.05, 0) is 36.6 Å². The Kier molecular flexibility index (Phi) is 7.41. The van der Waals surface area contributed by atoms with E-state index < -0.39 is 0 Å². The summed E-state index contributed by atoms with van der Waals surface area (Å²) in [4.78, 5) is 15.9. The molecule has 0 saturated heterocycles. The summed E-state index contributed by atoms with van der Waals surface area (Å²) in [5, 5.41) is 2.97. The molecule has 1 N–H and O–H groups in total. The molecule has 4 nitrogen and oxygen atoms in total. The Morgan fingerprint density at radius 1 is 1.04 bits per heavy atom. The van der Waals surface area contributed by atoms with E-state index in [1.807, 2.05) is 73.3 Å². The summed E-state index contributed by atoms with van der Waals surface area (Å²) in [6, 6.07) is 17.6. The molecule has 0 spiro atoms. The van der Waals surface area contributed by atoms with Gasteiger partial charge in [0.15, 0.2) is 18.1 Å². The number of pyridine rings is 1. The molecule has 0 bridgehead atoms. The number of aryl methyl sites for hydroxylation is 2. The van der Waals surface area contributed by atoms with Crippen molar-refractivity contribution in [2.24, 2.45) is 0 Å². The third-order valence-corrected chi connectivity index (χ3v) is 4.20. The average Bonchev–Trinajstić information content (AvgIpc) is 2.65. The van der Waals surface area contributed by atoms with E-state index in [1.165, 1.54) is 0 Å². The Labute approximate surface area is 184 Å². The zero-order valence-corrected chi connectivity index (χ0v) is 18.3. The van der Waals surface area contributed by atoms with E-state index in [2.05, 4.69) is 10.2 Å². The van der Waals surface area contributed by atoms with Crippen molar-refractivity contribution in [3.05, 3.63) is 89.5 Å². The van der Waals surface area contributed by atoms with Gasteiger partial charge < -0.3 is 5.32 Å². The molecule has 0 saturated carbocycles. The van der Waals surface area contributed by atoms with Gasteiger partial charge in [0.1, 0.15) is 0 Å². The van der Waals surface area contributed by atoms with E-state index in [4.69, 9.17) is 6.57 Å². The first-order valence-corrected chi connectivity index (χ1v) is 8.40. The van der Waals surface area contributed by atoms with E-state index >= 15 is 0 Å². The van der Waals surface area contributed by atoms with E-state index in [1.54, 1.807) is 12.1 Å². The van der Waals surface area contributed by atoms with Gasteiger partial charge in [-0.15, -0.1) is 0 Å². The summed E-state index contributed by atoms with van der Waals surface area (Å²) in [7, 11) is 0. The van der Waals surface area contributed by atoms with E-state index in [0.29, 0.717) is 5.69 Å². The normalized spacial score (nSPS) is 9.81. The van der Waals surface area contributed by atoms with Crippen molar-refractivity contribution in [1.29, 1.82) is 0 Å². The molecule has 3 aromatic rings. The first kappa shape index (κ1) is 21.0. The van der Waals surface area contributed by atoms with Crippen LogP contribution in [0.4, 0.5) is 11.4 Å². The number of anilines is 1. The van der Waals surface area contributed by atoms with Crippen molar-refractivity contribution < 1.29 is 42.1 Å². The first-order chi connectivity index (χ1) is 12.6. The molecule has 1 amide bonds. The van der Waals surface area contributed by atoms with Gasteiger partial charge in [0.05, 0.1) is 6.57 Å². The van der Waals surface area contributed by atoms with Gasteiger partial charge in [0.25, 0.3) is 5.91 Å². The fraction of sp³-hybridized carbons (Fsp3) is 0.136. The van der Waals surface area contributed by atoms with Gasteiger partial charge in [-0.2, -0.15) is 4.57 Å². The molecule has 131 valence electrons. The van der Waals surface area contributed by atoms with Crippen LogP contribution in [-0.4, -0.2) is 5.91 Å². The van der Waals surface area contributed by atoms with Crippen LogP contribution >= 0.6 is 0 Å². The summed E-state index contributed by atoms with van der Waals surface area (Å²) >= 11 is 0. The van der Waals surface area contributed by atoms with E-state index in [0.717, 1.165) is 27.9 Å². The van der Waals surface area contributed by atoms with Crippen LogP contribution < -0.4 is 9.88 Å². The molecule has 5 heteroatoms. The number of benzene rings is 2. The van der Waals surface area contributed by atoms with Crippen LogP contribution in [0.1, 0.15) is 11.1 Å². The molecule has 0 atom stereocenters. The van der Waals surface area contributed by atoms with Crippen LogP contribution in [0.2, 0.25) is 0 Å². The van der Waals surface area contributed by atoms with E-state index in [9.17, 15) is 4.79 Å². The standard InChI is InChI=1S/C22H19N3O.Y/c1-16-12-20(23-3)13-17(2)22(16)24-21(26)15-25-11-7-10-19(14-25)18-8-5-4-6-9-18;/h4-14H,15H2,1-2H3;/p+1. The molecule has 1 heterocycles. The second-order valence-electron chi connectivity index (χ2n) is 6.25. The van der Waals surface area contributed by atoms with Crippen LogP contribution in [0.5, 0.6) is 0 Å². The zero-order valence-electron chi connectivity index (χ0n) is 15.4. The molecule has 2 aromatic carbocycles. The number of aromatic nitrogens is 1. The van der Waals surface area contributed by atoms with Crippen molar-refractivity contribution in [2.75, 3.05) is 5.32 Å². The van der Waals surface area contributed by atoms with Crippen molar-refractivity contribution >= 4 is 17.3 Å². The maximum absolute atomic E-state index is 12.5. The Morgan fingerprint density at radius 2 is 1.67 bits per heavy atom. The predicted molar refractivity (Wildman–Crippen MR) is 103 cm³/mol.